The van der Waals surface area contributed by atoms with Gasteiger partial charge in [0.15, 0.2) is 11.6 Å². The molecule has 0 radical (unpaired) electrons. The second kappa shape index (κ2) is 8.73. The molecule has 1 unspecified atom stereocenters. The molecule has 1 aromatic carbocycles. The Bertz CT molecular complexity index is 873. The fraction of sp³-hybridized carbons (Fsp3) is 0.476. The Hall–Kier alpha value is -2.74. The van der Waals surface area contributed by atoms with Crippen molar-refractivity contribution in [2.24, 2.45) is 0 Å². The van der Waals surface area contributed by atoms with Crippen LogP contribution in [0.25, 0.3) is 0 Å². The van der Waals surface area contributed by atoms with Crippen LogP contribution in [0.3, 0.4) is 0 Å². The second-order valence-corrected chi connectivity index (χ2v) is 7.39. The topological polar surface area (TPSA) is 76.6 Å². The minimum Gasteiger partial charge on any atom is -0.493 e. The summed E-state index contributed by atoms with van der Waals surface area (Å²) < 4.78 is 24.3. The van der Waals surface area contributed by atoms with Crippen LogP contribution < -0.4 is 15.0 Å². The Labute approximate surface area is 169 Å². The number of carbonyl (C=O) groups excluding carboxylic acids is 1. The number of nitrogens with zero attached hydrogens (tertiary/aromatic N) is 3. The summed E-state index contributed by atoms with van der Waals surface area (Å²) in [7, 11) is 1.36. The Kier molecular flexibility index (Phi) is 5.89. The number of benzene rings is 1. The number of halogens is 1. The zero-order valence-corrected chi connectivity index (χ0v) is 16.4. The molecular weight excluding hydrogens is 375 g/mol. The predicted molar refractivity (Wildman–Crippen MR) is 106 cm³/mol. The summed E-state index contributed by atoms with van der Waals surface area (Å²) in [5, 5.41) is 2.98. The van der Waals surface area contributed by atoms with Gasteiger partial charge in [-0.05, 0) is 37.5 Å². The highest BCUT2D eigenvalue weighted by atomic mass is 19.1. The number of anilines is 1. The molecule has 29 heavy (non-hydrogen) atoms. The van der Waals surface area contributed by atoms with Crippen LogP contribution in [0.5, 0.6) is 5.75 Å². The van der Waals surface area contributed by atoms with Crippen molar-refractivity contribution in [3.05, 3.63) is 47.5 Å². The summed E-state index contributed by atoms with van der Waals surface area (Å²) in [4.78, 5) is 23.9. The zero-order chi connectivity index (χ0) is 20.2. The number of hydrogen-bond donors (Lipinski definition) is 1. The molecule has 2 fully saturated rings. The van der Waals surface area contributed by atoms with E-state index in [1.54, 1.807) is 12.3 Å². The monoisotopic (exact) mass is 400 g/mol. The van der Waals surface area contributed by atoms with E-state index in [1.165, 1.54) is 19.2 Å². The highest BCUT2D eigenvalue weighted by Crippen LogP contribution is 2.27. The molecule has 1 aromatic heterocycles. The van der Waals surface area contributed by atoms with Gasteiger partial charge in [0.25, 0.3) is 5.91 Å². The van der Waals surface area contributed by atoms with Gasteiger partial charge in [-0.25, -0.2) is 14.4 Å². The largest absolute Gasteiger partial charge is 0.493 e. The van der Waals surface area contributed by atoms with E-state index in [1.807, 2.05) is 6.07 Å². The Balaban J connectivity index is 1.41. The van der Waals surface area contributed by atoms with Crippen molar-refractivity contribution in [2.75, 3.05) is 38.3 Å². The number of ether oxygens (including phenoxy) is 2. The number of carbonyl (C=O) groups is 1. The second-order valence-electron chi connectivity index (χ2n) is 7.39. The van der Waals surface area contributed by atoms with Crippen LogP contribution in [0.1, 0.15) is 41.2 Å². The number of rotatable bonds is 5. The van der Waals surface area contributed by atoms with E-state index in [0.29, 0.717) is 18.4 Å². The van der Waals surface area contributed by atoms with Crippen molar-refractivity contribution in [3.8, 4) is 5.75 Å². The van der Waals surface area contributed by atoms with Gasteiger partial charge in [-0.2, -0.15) is 0 Å². The van der Waals surface area contributed by atoms with E-state index in [9.17, 15) is 9.18 Å². The predicted octanol–water partition coefficient (Wildman–Crippen LogP) is 2.53. The Morgan fingerprint density at radius 1 is 1.28 bits per heavy atom. The lowest BCUT2D eigenvalue weighted by Crippen LogP contribution is -2.37. The van der Waals surface area contributed by atoms with Gasteiger partial charge in [0.05, 0.1) is 12.7 Å². The van der Waals surface area contributed by atoms with Gasteiger partial charge in [0.2, 0.25) is 5.95 Å². The minimum absolute atomic E-state index is 0.0349. The zero-order valence-electron chi connectivity index (χ0n) is 16.4. The van der Waals surface area contributed by atoms with Crippen LogP contribution in [0.4, 0.5) is 10.3 Å². The molecule has 2 aliphatic rings. The van der Waals surface area contributed by atoms with E-state index < -0.39 is 5.82 Å². The van der Waals surface area contributed by atoms with Gasteiger partial charge in [0.1, 0.15) is 0 Å². The maximum atomic E-state index is 13.9. The van der Waals surface area contributed by atoms with Gasteiger partial charge in [0, 0.05) is 50.2 Å². The number of para-hydroxylation sites is 1. The first-order valence-corrected chi connectivity index (χ1v) is 9.94. The minimum atomic E-state index is -0.550. The molecule has 0 saturated carbocycles. The van der Waals surface area contributed by atoms with E-state index in [-0.39, 0.29) is 23.3 Å². The summed E-state index contributed by atoms with van der Waals surface area (Å²) in [6.45, 7) is 2.90. The van der Waals surface area contributed by atoms with Crippen molar-refractivity contribution in [3.63, 3.8) is 0 Å². The first kappa shape index (κ1) is 19.6. The molecular formula is C21H25FN4O3. The Morgan fingerprint density at radius 2 is 2.10 bits per heavy atom. The van der Waals surface area contributed by atoms with Crippen LogP contribution >= 0.6 is 0 Å². The maximum absolute atomic E-state index is 13.9. The molecule has 4 rings (SSSR count). The van der Waals surface area contributed by atoms with Gasteiger partial charge >= 0.3 is 0 Å². The molecule has 1 atom stereocenters. The van der Waals surface area contributed by atoms with Crippen LogP contribution in [0.2, 0.25) is 0 Å². The molecule has 3 heterocycles. The molecule has 0 aliphatic carbocycles. The summed E-state index contributed by atoms with van der Waals surface area (Å²) >= 11 is 0. The van der Waals surface area contributed by atoms with Gasteiger partial charge in [-0.3, -0.25) is 4.79 Å². The quantitative estimate of drug-likeness (QED) is 0.831. The van der Waals surface area contributed by atoms with Crippen molar-refractivity contribution >= 4 is 11.9 Å². The van der Waals surface area contributed by atoms with Gasteiger partial charge in [-0.15, -0.1) is 0 Å². The van der Waals surface area contributed by atoms with E-state index in [2.05, 4.69) is 15.2 Å². The van der Waals surface area contributed by atoms with Crippen LogP contribution in [-0.4, -0.2) is 55.3 Å². The average Bonchev–Trinajstić information content (AvgIpc) is 3.23. The molecule has 7 nitrogen and oxygen atoms in total. The highest BCUT2D eigenvalue weighted by Gasteiger charge is 2.28. The van der Waals surface area contributed by atoms with E-state index >= 15 is 0 Å². The highest BCUT2D eigenvalue weighted by molar-refractivity contribution is 5.97. The van der Waals surface area contributed by atoms with E-state index in [4.69, 9.17) is 14.5 Å². The summed E-state index contributed by atoms with van der Waals surface area (Å²) in [5.41, 5.74) is 1.25. The molecule has 0 bridgehead atoms. The van der Waals surface area contributed by atoms with Gasteiger partial charge < -0.3 is 19.7 Å². The lowest BCUT2D eigenvalue weighted by atomic mass is 9.96. The molecule has 154 valence electrons. The standard InChI is InChI=1S/C21H25FN4O3/c1-28-19-16(3-2-4-17(19)22)20(27)24-15-6-10-26(13-15)21-23-9-5-18(25-21)14-7-11-29-12-8-14/h2-5,9,14-15H,6-8,10-13H2,1H3,(H,24,27). The molecule has 0 spiro atoms. The number of hydrogen-bond acceptors (Lipinski definition) is 6. The summed E-state index contributed by atoms with van der Waals surface area (Å²) in [6.07, 6.45) is 4.53. The number of methoxy groups -OCH3 is 1. The summed E-state index contributed by atoms with van der Waals surface area (Å²) in [5.74, 6) is 0.169. The van der Waals surface area contributed by atoms with Crippen LogP contribution in [-0.2, 0) is 4.74 Å². The molecule has 1 N–H and O–H groups in total. The fourth-order valence-corrected chi connectivity index (χ4v) is 3.95. The number of aromatic nitrogens is 2. The normalized spacial score (nSPS) is 19.9. The SMILES string of the molecule is COc1c(F)cccc1C(=O)NC1CCN(c2nccc(C3CCOCC3)n2)C1. The lowest BCUT2D eigenvalue weighted by Gasteiger charge is -2.23. The molecule has 2 aliphatic heterocycles. The lowest BCUT2D eigenvalue weighted by molar-refractivity contribution is 0.0845. The van der Waals surface area contributed by atoms with Crippen molar-refractivity contribution in [1.82, 2.24) is 15.3 Å². The fourth-order valence-electron chi connectivity index (χ4n) is 3.95. The third-order valence-electron chi connectivity index (χ3n) is 5.53. The average molecular weight is 400 g/mol. The van der Waals surface area contributed by atoms with Crippen LogP contribution in [0.15, 0.2) is 30.5 Å². The molecule has 1 amide bonds. The third kappa shape index (κ3) is 4.32. The molecule has 8 heteroatoms. The molecule has 2 aromatic rings. The third-order valence-corrected chi connectivity index (χ3v) is 5.53. The number of nitrogens with one attached hydrogen (secondary N) is 1. The first-order valence-electron chi connectivity index (χ1n) is 9.94. The molecule has 2 saturated heterocycles. The smallest absolute Gasteiger partial charge is 0.255 e. The van der Waals surface area contributed by atoms with Crippen LogP contribution in [0, 0.1) is 5.82 Å². The van der Waals surface area contributed by atoms with Crippen molar-refractivity contribution < 1.29 is 18.7 Å². The van der Waals surface area contributed by atoms with E-state index in [0.717, 1.165) is 44.7 Å². The summed E-state index contributed by atoms with van der Waals surface area (Å²) in [6, 6.07) is 6.25. The first-order chi connectivity index (χ1) is 14.2. The van der Waals surface area contributed by atoms with Crippen molar-refractivity contribution in [1.29, 1.82) is 0 Å². The Morgan fingerprint density at radius 3 is 2.90 bits per heavy atom. The van der Waals surface area contributed by atoms with Crippen molar-refractivity contribution in [2.45, 2.75) is 31.2 Å². The maximum Gasteiger partial charge on any atom is 0.255 e. The number of amides is 1. The van der Waals surface area contributed by atoms with Gasteiger partial charge in [-0.1, -0.05) is 6.07 Å².